The number of halogens is 11. The van der Waals surface area contributed by atoms with Crippen LogP contribution in [0.5, 0.6) is 0 Å². The lowest BCUT2D eigenvalue weighted by Gasteiger charge is -2.21. The molecule has 0 saturated carbocycles. The van der Waals surface area contributed by atoms with Gasteiger partial charge in [-0.15, -0.1) is 26.3 Å². The molecule has 0 spiro atoms. The molecule has 0 aliphatic rings. The van der Waals surface area contributed by atoms with Crippen LogP contribution in [0.1, 0.15) is 26.2 Å². The molecular formula is C17H23F11O10. The van der Waals surface area contributed by atoms with E-state index in [-0.39, 0.29) is 24.3 Å². The summed E-state index contributed by atoms with van der Waals surface area (Å²) in [5.74, 6) is -13.4. The Hall–Kier alpha value is -2.97. The average molecular weight is 596 g/mol. The minimum atomic E-state index is -5.69. The van der Waals surface area contributed by atoms with E-state index >= 15 is 0 Å². The van der Waals surface area contributed by atoms with Crippen LogP contribution in [0.4, 0.5) is 49.0 Å². The first kappa shape index (κ1) is 42.1. The van der Waals surface area contributed by atoms with Gasteiger partial charge in [-0.2, -0.15) is 8.78 Å². The van der Waals surface area contributed by atoms with Gasteiger partial charge in [0.2, 0.25) is 0 Å². The van der Waals surface area contributed by atoms with Gasteiger partial charge in [-0.1, -0.05) is 6.92 Å². The lowest BCUT2D eigenvalue weighted by atomic mass is 10.00. The van der Waals surface area contributed by atoms with Crippen molar-refractivity contribution in [2.24, 2.45) is 5.92 Å². The molecule has 0 rings (SSSR count). The molecule has 21 heteroatoms. The molecule has 228 valence electrons. The monoisotopic (exact) mass is 596 g/mol. The zero-order valence-corrected chi connectivity index (χ0v) is 19.8. The second-order valence-electron chi connectivity index (χ2n) is 6.24. The minimum absolute atomic E-state index is 0. The van der Waals surface area contributed by atoms with Gasteiger partial charge in [0.05, 0.1) is 39.6 Å². The second kappa shape index (κ2) is 20.1. The van der Waals surface area contributed by atoms with Crippen molar-refractivity contribution in [2.45, 2.75) is 50.9 Å². The Morgan fingerprint density at radius 3 is 1.39 bits per heavy atom. The molecule has 1 atom stereocenters. The van der Waals surface area contributed by atoms with E-state index in [4.69, 9.17) is 13.9 Å². The molecule has 0 heterocycles. The van der Waals surface area contributed by atoms with E-state index in [2.05, 4.69) is 23.7 Å². The maximum Gasteiger partial charge on any atom is 0.575 e. The van der Waals surface area contributed by atoms with Gasteiger partial charge in [-0.3, -0.25) is 19.1 Å². The van der Waals surface area contributed by atoms with Crippen molar-refractivity contribution in [3.05, 3.63) is 0 Å². The molecule has 0 aromatic carbocycles. The molecule has 0 amide bonds. The van der Waals surface area contributed by atoms with E-state index in [0.717, 1.165) is 0 Å². The Morgan fingerprint density at radius 1 is 0.684 bits per heavy atom. The first-order chi connectivity index (χ1) is 16.8. The zero-order chi connectivity index (χ0) is 30.0. The molecule has 0 bridgehead atoms. The second-order valence-corrected chi connectivity index (χ2v) is 6.24. The van der Waals surface area contributed by atoms with E-state index in [1.54, 1.807) is 0 Å². The van der Waals surface area contributed by atoms with Crippen molar-refractivity contribution < 1.29 is 96.6 Å². The van der Waals surface area contributed by atoms with E-state index in [9.17, 15) is 54.3 Å². The Labute approximate surface area is 206 Å². The highest BCUT2D eigenvalue weighted by Crippen LogP contribution is 2.32. The highest BCUT2D eigenvalue weighted by atomic mass is 20.0. The standard InChI is InChI=1S/C9H16O6.C8H6F8O4.F2.FH/c1-12-6-15-7(4-8(10)13-2)5-9(11)14-3;1-3(2-4(17)19-7(11,12)13)6(9,10)5(18)20-8(14,15)16;1-2;/h7H,4-6H2,1-3H3;3H,2H2,1H3;;1H. The van der Waals surface area contributed by atoms with E-state index in [1.807, 2.05) is 0 Å². The van der Waals surface area contributed by atoms with Crippen molar-refractivity contribution in [2.75, 3.05) is 28.1 Å². The number of rotatable bonds is 11. The Bertz CT molecular complexity index is 681. The number of carbonyl (C=O) groups is 4. The van der Waals surface area contributed by atoms with Crippen LogP contribution in [0.15, 0.2) is 0 Å². The highest BCUT2D eigenvalue weighted by Gasteiger charge is 2.52. The van der Waals surface area contributed by atoms with Crippen molar-refractivity contribution in [3.8, 4) is 0 Å². The smallest absolute Gasteiger partial charge is 0.469 e. The van der Waals surface area contributed by atoms with Crippen molar-refractivity contribution in [3.63, 3.8) is 0 Å². The quantitative estimate of drug-likeness (QED) is 0.150. The predicted octanol–water partition coefficient (Wildman–Crippen LogP) is 3.87. The predicted molar refractivity (Wildman–Crippen MR) is 97.8 cm³/mol. The van der Waals surface area contributed by atoms with Crippen LogP contribution < -0.4 is 0 Å². The maximum absolute atomic E-state index is 13.1. The normalized spacial score (nSPS) is 11.9. The Kier molecular flexibility index (Phi) is 22.2. The van der Waals surface area contributed by atoms with Gasteiger partial charge in [0.15, 0.2) is 0 Å². The summed E-state index contributed by atoms with van der Waals surface area (Å²) >= 11 is 0. The third-order valence-corrected chi connectivity index (χ3v) is 3.47. The number of carbonyl (C=O) groups excluding carboxylic acids is 4. The fourth-order valence-electron chi connectivity index (χ4n) is 1.82. The van der Waals surface area contributed by atoms with E-state index < -0.39 is 61.0 Å². The highest BCUT2D eigenvalue weighted by molar-refractivity contribution is 5.79. The number of ether oxygens (including phenoxy) is 6. The topological polar surface area (TPSA) is 124 Å². The summed E-state index contributed by atoms with van der Waals surface area (Å²) in [5.41, 5.74) is 0. The summed E-state index contributed by atoms with van der Waals surface area (Å²) in [6, 6.07) is 0. The van der Waals surface area contributed by atoms with Gasteiger partial charge < -0.3 is 28.4 Å². The van der Waals surface area contributed by atoms with Gasteiger partial charge in [0, 0.05) is 22.2 Å². The van der Waals surface area contributed by atoms with Crippen LogP contribution in [0.3, 0.4) is 0 Å². The zero-order valence-electron chi connectivity index (χ0n) is 19.8. The van der Waals surface area contributed by atoms with Crippen molar-refractivity contribution >= 4 is 23.9 Å². The summed E-state index contributed by atoms with van der Waals surface area (Å²) in [6.45, 7) is 0.397. The fraction of sp³-hybridized carbons (Fsp3) is 0.765. The van der Waals surface area contributed by atoms with E-state index in [0.29, 0.717) is 6.92 Å². The number of esters is 4. The molecule has 0 aliphatic heterocycles. The first-order valence-corrected chi connectivity index (χ1v) is 9.14. The molecule has 1 unspecified atom stereocenters. The van der Waals surface area contributed by atoms with Gasteiger partial charge in [-0.25, -0.2) is 4.79 Å². The molecule has 0 saturated heterocycles. The van der Waals surface area contributed by atoms with Crippen LogP contribution in [-0.2, 0) is 47.6 Å². The SMILES string of the molecule is CC(CC(=O)OC(F)(F)F)C(F)(F)C(=O)OC(F)(F)F.COCOC(CC(=O)OC)CC(=O)OC.F.FF. The first-order valence-electron chi connectivity index (χ1n) is 9.14. The summed E-state index contributed by atoms with van der Waals surface area (Å²) in [6.07, 6.45) is -13.3. The van der Waals surface area contributed by atoms with Gasteiger partial charge >= 0.3 is 42.5 Å². The molecule has 0 aromatic heterocycles. The van der Waals surface area contributed by atoms with Crippen LogP contribution in [-0.4, -0.2) is 76.8 Å². The average Bonchev–Trinajstić information content (AvgIpc) is 2.76. The summed E-state index contributed by atoms with van der Waals surface area (Å²) in [5, 5.41) is 0. The maximum atomic E-state index is 13.1. The summed E-state index contributed by atoms with van der Waals surface area (Å²) in [7, 11) is 4.00. The molecular weight excluding hydrogens is 573 g/mol. The fourth-order valence-corrected chi connectivity index (χ4v) is 1.82. The summed E-state index contributed by atoms with van der Waals surface area (Å²) < 4.78 is 135. The van der Waals surface area contributed by atoms with Gasteiger partial charge in [-0.05, 0) is 0 Å². The third kappa shape index (κ3) is 22.2. The van der Waals surface area contributed by atoms with Crippen LogP contribution in [0.25, 0.3) is 0 Å². The number of alkyl halides is 8. The molecule has 0 N–H and O–H groups in total. The largest absolute Gasteiger partial charge is 0.575 e. The van der Waals surface area contributed by atoms with Crippen molar-refractivity contribution in [1.29, 1.82) is 0 Å². The van der Waals surface area contributed by atoms with Crippen LogP contribution in [0, 0.1) is 5.92 Å². The summed E-state index contributed by atoms with van der Waals surface area (Å²) in [4.78, 5) is 43.0. The van der Waals surface area contributed by atoms with Crippen LogP contribution >= 0.6 is 0 Å². The molecule has 10 nitrogen and oxygen atoms in total. The Balaban J connectivity index is -0.000000288. The third-order valence-electron chi connectivity index (χ3n) is 3.47. The molecule has 38 heavy (non-hydrogen) atoms. The lowest BCUT2D eigenvalue weighted by molar-refractivity contribution is -0.317. The van der Waals surface area contributed by atoms with E-state index in [1.165, 1.54) is 21.3 Å². The lowest BCUT2D eigenvalue weighted by Crippen LogP contribution is -2.41. The van der Waals surface area contributed by atoms with Gasteiger partial charge in [0.1, 0.15) is 6.79 Å². The minimum Gasteiger partial charge on any atom is -0.469 e. The number of methoxy groups -OCH3 is 3. The molecule has 0 fully saturated rings. The molecule has 0 radical (unpaired) electrons. The van der Waals surface area contributed by atoms with Crippen LogP contribution in [0.2, 0.25) is 0 Å². The number of hydrogen-bond donors (Lipinski definition) is 0. The van der Waals surface area contributed by atoms with Gasteiger partial charge in [0.25, 0.3) is 0 Å². The number of hydrogen-bond acceptors (Lipinski definition) is 10. The molecule has 0 aromatic rings. The Morgan fingerprint density at radius 2 is 1.08 bits per heavy atom. The molecule has 0 aliphatic carbocycles. The van der Waals surface area contributed by atoms with Crippen molar-refractivity contribution in [1.82, 2.24) is 0 Å².